The van der Waals surface area contributed by atoms with E-state index in [2.05, 4.69) is 25.1 Å². The van der Waals surface area contributed by atoms with Crippen LogP contribution < -0.4 is 0 Å². The molecule has 1 aliphatic rings. The zero-order valence-corrected chi connectivity index (χ0v) is 14.2. The number of carbonyl (C=O) groups is 1. The zero-order chi connectivity index (χ0) is 16.6. The maximum Gasteiger partial charge on any atom is 0.143 e. The molecule has 2 aromatic carbocycles. The summed E-state index contributed by atoms with van der Waals surface area (Å²) in [7, 11) is 0. The first-order chi connectivity index (χ1) is 11.0. The number of hydrogen-bond acceptors (Lipinski definition) is 2. The molecule has 0 heterocycles. The first-order valence-electron chi connectivity index (χ1n) is 8.11. The Morgan fingerprint density at radius 2 is 2.00 bits per heavy atom. The molecule has 3 heteroatoms. The normalized spacial score (nSPS) is 21.0. The molecule has 1 aliphatic carbocycles. The summed E-state index contributed by atoms with van der Waals surface area (Å²) in [6.45, 7) is 4.11. The van der Waals surface area contributed by atoms with Crippen molar-refractivity contribution in [3.05, 3.63) is 58.1 Å². The Kier molecular flexibility index (Phi) is 4.56. The van der Waals surface area contributed by atoms with Crippen molar-refractivity contribution >= 4 is 17.4 Å². The SMILES string of the molecule is CCc1ccc(-c2ccc(Cl)cc2C)cc1C1C(=O)CCC1O. The summed E-state index contributed by atoms with van der Waals surface area (Å²) in [5.74, 6) is -0.227. The van der Waals surface area contributed by atoms with Crippen molar-refractivity contribution in [2.75, 3.05) is 0 Å². The van der Waals surface area contributed by atoms with Crippen molar-refractivity contribution in [2.24, 2.45) is 0 Å². The van der Waals surface area contributed by atoms with Crippen molar-refractivity contribution in [3.63, 3.8) is 0 Å². The Morgan fingerprint density at radius 1 is 1.22 bits per heavy atom. The van der Waals surface area contributed by atoms with Crippen LogP contribution in [0.5, 0.6) is 0 Å². The van der Waals surface area contributed by atoms with E-state index in [4.69, 9.17) is 11.6 Å². The fraction of sp³-hybridized carbons (Fsp3) is 0.350. The molecule has 0 aromatic heterocycles. The van der Waals surface area contributed by atoms with E-state index in [9.17, 15) is 9.90 Å². The van der Waals surface area contributed by atoms with Gasteiger partial charge in [-0.2, -0.15) is 0 Å². The molecule has 0 bridgehead atoms. The number of ketones is 1. The summed E-state index contributed by atoms with van der Waals surface area (Å²) in [6.07, 6.45) is 1.33. The number of aryl methyl sites for hydroxylation is 2. The molecular weight excluding hydrogens is 308 g/mol. The summed E-state index contributed by atoms with van der Waals surface area (Å²) in [5.41, 5.74) is 5.40. The molecule has 1 fully saturated rings. The minimum atomic E-state index is -0.561. The third-order valence-corrected chi connectivity index (χ3v) is 5.01. The number of carbonyl (C=O) groups excluding carboxylic acids is 1. The van der Waals surface area contributed by atoms with Crippen LogP contribution in [-0.2, 0) is 11.2 Å². The van der Waals surface area contributed by atoms with Gasteiger partial charge in [0, 0.05) is 11.4 Å². The van der Waals surface area contributed by atoms with Crippen LogP contribution in [0, 0.1) is 6.92 Å². The Bertz CT molecular complexity index is 751. The summed E-state index contributed by atoms with van der Waals surface area (Å²) in [6, 6.07) is 12.1. The molecular formula is C20H21ClO2. The van der Waals surface area contributed by atoms with Gasteiger partial charge >= 0.3 is 0 Å². The minimum Gasteiger partial charge on any atom is -0.392 e. The van der Waals surface area contributed by atoms with Gasteiger partial charge in [0.15, 0.2) is 0 Å². The third-order valence-electron chi connectivity index (χ3n) is 4.78. The fourth-order valence-corrected chi connectivity index (χ4v) is 3.76. The maximum atomic E-state index is 12.2. The highest BCUT2D eigenvalue weighted by molar-refractivity contribution is 6.30. The highest BCUT2D eigenvalue weighted by atomic mass is 35.5. The van der Waals surface area contributed by atoms with Crippen LogP contribution in [0.3, 0.4) is 0 Å². The number of halogens is 1. The van der Waals surface area contributed by atoms with Crippen LogP contribution in [0.4, 0.5) is 0 Å². The molecule has 2 unspecified atom stereocenters. The predicted molar refractivity (Wildman–Crippen MR) is 94.0 cm³/mol. The van der Waals surface area contributed by atoms with Crippen LogP contribution >= 0.6 is 11.6 Å². The van der Waals surface area contributed by atoms with Crippen molar-refractivity contribution in [1.29, 1.82) is 0 Å². The van der Waals surface area contributed by atoms with Crippen LogP contribution in [0.15, 0.2) is 36.4 Å². The van der Waals surface area contributed by atoms with Crippen LogP contribution in [-0.4, -0.2) is 17.0 Å². The van der Waals surface area contributed by atoms with Gasteiger partial charge in [-0.15, -0.1) is 0 Å². The van der Waals surface area contributed by atoms with Gasteiger partial charge in [-0.25, -0.2) is 0 Å². The van der Waals surface area contributed by atoms with Crippen LogP contribution in [0.2, 0.25) is 5.02 Å². The summed E-state index contributed by atoms with van der Waals surface area (Å²) in [4.78, 5) is 12.2. The van der Waals surface area contributed by atoms with Crippen LogP contribution in [0.1, 0.15) is 42.4 Å². The second-order valence-corrected chi connectivity index (χ2v) is 6.71. The van der Waals surface area contributed by atoms with E-state index < -0.39 is 6.10 Å². The lowest BCUT2D eigenvalue weighted by atomic mass is 9.86. The number of aliphatic hydroxyl groups is 1. The molecule has 0 saturated heterocycles. The molecule has 120 valence electrons. The van der Waals surface area contributed by atoms with E-state index in [1.165, 1.54) is 0 Å². The Hall–Kier alpha value is -1.64. The number of rotatable bonds is 3. The van der Waals surface area contributed by atoms with Gasteiger partial charge in [0.2, 0.25) is 0 Å². The highest BCUT2D eigenvalue weighted by Gasteiger charge is 2.35. The Balaban J connectivity index is 2.11. The molecule has 2 atom stereocenters. The Morgan fingerprint density at radius 3 is 2.61 bits per heavy atom. The molecule has 0 amide bonds. The van der Waals surface area contributed by atoms with Gasteiger partial charge in [0.25, 0.3) is 0 Å². The molecule has 0 radical (unpaired) electrons. The maximum absolute atomic E-state index is 12.2. The van der Waals surface area contributed by atoms with Crippen LogP contribution in [0.25, 0.3) is 11.1 Å². The molecule has 3 rings (SSSR count). The van der Waals surface area contributed by atoms with E-state index in [1.807, 2.05) is 25.1 Å². The molecule has 0 spiro atoms. The highest BCUT2D eigenvalue weighted by Crippen LogP contribution is 2.37. The topological polar surface area (TPSA) is 37.3 Å². The predicted octanol–water partition coefficient (Wildman–Crippen LogP) is 4.69. The lowest BCUT2D eigenvalue weighted by Crippen LogP contribution is -2.18. The van der Waals surface area contributed by atoms with Crippen molar-refractivity contribution in [1.82, 2.24) is 0 Å². The molecule has 2 nitrogen and oxygen atoms in total. The largest absolute Gasteiger partial charge is 0.392 e. The Labute approximate surface area is 142 Å². The minimum absolute atomic E-state index is 0.150. The summed E-state index contributed by atoms with van der Waals surface area (Å²) >= 11 is 6.05. The molecule has 1 saturated carbocycles. The molecule has 1 N–H and O–H groups in total. The quantitative estimate of drug-likeness (QED) is 0.887. The van der Waals surface area contributed by atoms with E-state index in [1.54, 1.807) is 0 Å². The standard InChI is InChI=1S/C20H21ClO2/c1-3-13-4-5-14(16-7-6-15(21)10-12(16)2)11-17(13)20-18(22)8-9-19(20)23/h4-7,10-11,18,20,22H,3,8-9H2,1-2H3. The van der Waals surface area contributed by atoms with Gasteiger partial charge in [-0.05, 0) is 59.7 Å². The second kappa shape index (κ2) is 6.46. The van der Waals surface area contributed by atoms with Crippen molar-refractivity contribution in [3.8, 4) is 11.1 Å². The van der Waals surface area contributed by atoms with Crippen molar-refractivity contribution in [2.45, 2.75) is 45.1 Å². The number of hydrogen-bond donors (Lipinski definition) is 1. The fourth-order valence-electron chi connectivity index (χ4n) is 3.53. The number of Topliss-reactive ketones (excluding diaryl/α,β-unsaturated/α-hetero) is 1. The first kappa shape index (κ1) is 16.2. The zero-order valence-electron chi connectivity index (χ0n) is 13.5. The average molecular weight is 329 g/mol. The molecule has 2 aromatic rings. The van der Waals surface area contributed by atoms with E-state index in [0.717, 1.165) is 39.3 Å². The molecule has 0 aliphatic heterocycles. The van der Waals surface area contributed by atoms with E-state index in [0.29, 0.717) is 12.8 Å². The summed E-state index contributed by atoms with van der Waals surface area (Å²) in [5, 5.41) is 11.0. The lowest BCUT2D eigenvalue weighted by Gasteiger charge is -2.19. The lowest BCUT2D eigenvalue weighted by molar-refractivity contribution is -0.119. The average Bonchev–Trinajstić information content (AvgIpc) is 2.85. The van der Waals surface area contributed by atoms with Gasteiger partial charge in [0.05, 0.1) is 12.0 Å². The van der Waals surface area contributed by atoms with Crippen molar-refractivity contribution < 1.29 is 9.90 Å². The monoisotopic (exact) mass is 328 g/mol. The number of benzene rings is 2. The molecule has 23 heavy (non-hydrogen) atoms. The van der Waals surface area contributed by atoms with Gasteiger partial charge in [-0.3, -0.25) is 4.79 Å². The van der Waals surface area contributed by atoms with E-state index in [-0.39, 0.29) is 11.7 Å². The second-order valence-electron chi connectivity index (χ2n) is 6.28. The summed E-state index contributed by atoms with van der Waals surface area (Å²) < 4.78 is 0. The third kappa shape index (κ3) is 3.06. The van der Waals surface area contributed by atoms with Gasteiger partial charge in [-0.1, -0.05) is 42.8 Å². The van der Waals surface area contributed by atoms with Gasteiger partial charge in [0.1, 0.15) is 5.78 Å². The smallest absolute Gasteiger partial charge is 0.143 e. The number of aliphatic hydroxyl groups excluding tert-OH is 1. The van der Waals surface area contributed by atoms with E-state index >= 15 is 0 Å². The van der Waals surface area contributed by atoms with Gasteiger partial charge < -0.3 is 5.11 Å². The first-order valence-corrected chi connectivity index (χ1v) is 8.49.